The molecule has 0 spiro atoms. The number of guanidine groups is 1. The van der Waals surface area contributed by atoms with E-state index in [1.54, 1.807) is 20.4 Å². The molecule has 0 saturated carbocycles. The zero-order valence-electron chi connectivity index (χ0n) is 13.0. The number of hydrogen-bond donors (Lipinski definition) is 2. The molecule has 2 N–H and O–H groups in total. The summed E-state index contributed by atoms with van der Waals surface area (Å²) in [6, 6.07) is 4.20. The van der Waals surface area contributed by atoms with Crippen molar-refractivity contribution >= 4 is 11.8 Å². The Morgan fingerprint density at radius 2 is 2.25 bits per heavy atom. The highest BCUT2D eigenvalue weighted by atomic mass is 16.5. The van der Waals surface area contributed by atoms with E-state index in [4.69, 9.17) is 4.74 Å². The second-order valence-corrected chi connectivity index (χ2v) is 4.81. The fourth-order valence-corrected chi connectivity index (χ4v) is 1.87. The summed E-state index contributed by atoms with van der Waals surface area (Å²) in [7, 11) is 7.41. The molecule has 1 aromatic rings. The van der Waals surface area contributed by atoms with Gasteiger partial charge in [-0.05, 0) is 13.0 Å². The molecule has 0 aromatic carbocycles. The number of aromatic nitrogens is 1. The van der Waals surface area contributed by atoms with Gasteiger partial charge in [0, 0.05) is 52.6 Å². The molecule has 112 valence electrons. The number of nitrogens with one attached hydrogen (secondary N) is 2. The van der Waals surface area contributed by atoms with Gasteiger partial charge in [0.25, 0.3) is 0 Å². The van der Waals surface area contributed by atoms with Gasteiger partial charge < -0.3 is 20.3 Å². The molecule has 0 aliphatic heterocycles. The second-order valence-electron chi connectivity index (χ2n) is 4.81. The minimum Gasteiger partial charge on any atom is -0.383 e. The monoisotopic (exact) mass is 279 g/mol. The first-order valence-corrected chi connectivity index (χ1v) is 6.65. The number of anilines is 1. The van der Waals surface area contributed by atoms with Gasteiger partial charge in [0.1, 0.15) is 5.82 Å². The summed E-state index contributed by atoms with van der Waals surface area (Å²) in [5, 5.41) is 6.55. The number of rotatable bonds is 6. The summed E-state index contributed by atoms with van der Waals surface area (Å²) in [5.74, 6) is 1.71. The average molecular weight is 279 g/mol. The van der Waals surface area contributed by atoms with Crippen LogP contribution in [0.1, 0.15) is 12.5 Å². The molecule has 6 nitrogen and oxygen atoms in total. The third-order valence-electron chi connectivity index (χ3n) is 2.76. The Morgan fingerprint density at radius 3 is 2.85 bits per heavy atom. The Hall–Kier alpha value is -1.82. The van der Waals surface area contributed by atoms with E-state index >= 15 is 0 Å². The first-order valence-electron chi connectivity index (χ1n) is 6.65. The normalized spacial score (nSPS) is 12.9. The third-order valence-corrected chi connectivity index (χ3v) is 2.76. The molecule has 0 saturated heterocycles. The average Bonchev–Trinajstić information content (AvgIpc) is 2.43. The van der Waals surface area contributed by atoms with Crippen molar-refractivity contribution in [2.24, 2.45) is 4.99 Å². The van der Waals surface area contributed by atoms with Gasteiger partial charge in [0.05, 0.1) is 6.61 Å². The number of aliphatic imine (C=N–C) groups is 1. The van der Waals surface area contributed by atoms with Gasteiger partial charge in [-0.1, -0.05) is 6.07 Å². The van der Waals surface area contributed by atoms with E-state index in [1.165, 1.54) is 0 Å². The molecule has 0 aliphatic carbocycles. The molecule has 1 aromatic heterocycles. The van der Waals surface area contributed by atoms with Crippen LogP contribution in [0.25, 0.3) is 0 Å². The standard InChI is InChI=1S/C14H25N5O/c1-11(10-20-5)18-14(15-2)17-9-12-7-6-8-16-13(12)19(3)4/h6-8,11H,9-10H2,1-5H3,(H2,15,17,18). The molecule has 0 amide bonds. The molecule has 6 heteroatoms. The lowest BCUT2D eigenvalue weighted by molar-refractivity contribution is 0.179. The van der Waals surface area contributed by atoms with E-state index in [-0.39, 0.29) is 6.04 Å². The maximum absolute atomic E-state index is 5.10. The summed E-state index contributed by atoms with van der Waals surface area (Å²) >= 11 is 0. The lowest BCUT2D eigenvalue weighted by atomic mass is 10.2. The molecule has 1 heterocycles. The van der Waals surface area contributed by atoms with E-state index in [2.05, 4.69) is 26.7 Å². The van der Waals surface area contributed by atoms with Gasteiger partial charge >= 0.3 is 0 Å². The third kappa shape index (κ3) is 5.05. The predicted octanol–water partition coefficient (Wildman–Crippen LogP) is 0.848. The summed E-state index contributed by atoms with van der Waals surface area (Å²) in [5.41, 5.74) is 1.12. The van der Waals surface area contributed by atoms with E-state index in [0.29, 0.717) is 13.2 Å². The molecule has 0 bridgehead atoms. The fraction of sp³-hybridized carbons (Fsp3) is 0.571. The zero-order chi connectivity index (χ0) is 15.0. The van der Waals surface area contributed by atoms with Crippen LogP contribution in [0.5, 0.6) is 0 Å². The largest absolute Gasteiger partial charge is 0.383 e. The maximum atomic E-state index is 5.10. The van der Waals surface area contributed by atoms with Gasteiger partial charge in [-0.2, -0.15) is 0 Å². The van der Waals surface area contributed by atoms with Crippen molar-refractivity contribution in [3.63, 3.8) is 0 Å². The smallest absolute Gasteiger partial charge is 0.191 e. The Labute approximate surface area is 121 Å². The highest BCUT2D eigenvalue weighted by molar-refractivity contribution is 5.80. The highest BCUT2D eigenvalue weighted by Gasteiger charge is 2.08. The fourth-order valence-electron chi connectivity index (χ4n) is 1.87. The van der Waals surface area contributed by atoms with Crippen LogP contribution >= 0.6 is 0 Å². The van der Waals surface area contributed by atoms with Crippen molar-refractivity contribution in [1.29, 1.82) is 0 Å². The van der Waals surface area contributed by atoms with Gasteiger partial charge in [-0.3, -0.25) is 4.99 Å². The number of pyridine rings is 1. The van der Waals surface area contributed by atoms with Crippen LogP contribution in [-0.4, -0.2) is 51.8 Å². The molecule has 0 radical (unpaired) electrons. The van der Waals surface area contributed by atoms with E-state index in [1.807, 2.05) is 32.0 Å². The van der Waals surface area contributed by atoms with Crippen LogP contribution in [0, 0.1) is 0 Å². The van der Waals surface area contributed by atoms with Crippen molar-refractivity contribution in [1.82, 2.24) is 15.6 Å². The van der Waals surface area contributed by atoms with Crippen LogP contribution in [0.4, 0.5) is 5.82 Å². The number of ether oxygens (including phenoxy) is 1. The minimum atomic E-state index is 0.202. The number of nitrogens with zero attached hydrogens (tertiary/aromatic N) is 3. The van der Waals surface area contributed by atoms with Crippen LogP contribution in [0.15, 0.2) is 23.3 Å². The lowest BCUT2D eigenvalue weighted by Gasteiger charge is -2.19. The first kappa shape index (κ1) is 16.2. The number of hydrogen-bond acceptors (Lipinski definition) is 4. The summed E-state index contributed by atoms with van der Waals surface area (Å²) in [6.07, 6.45) is 1.80. The van der Waals surface area contributed by atoms with Crippen LogP contribution in [0.3, 0.4) is 0 Å². The Balaban J connectivity index is 2.61. The zero-order valence-corrected chi connectivity index (χ0v) is 13.0. The van der Waals surface area contributed by atoms with Crippen LogP contribution < -0.4 is 15.5 Å². The van der Waals surface area contributed by atoms with Crippen molar-refractivity contribution < 1.29 is 4.74 Å². The van der Waals surface area contributed by atoms with Crippen LogP contribution in [0.2, 0.25) is 0 Å². The molecule has 1 rings (SSSR count). The van der Waals surface area contributed by atoms with Crippen molar-refractivity contribution in [3.8, 4) is 0 Å². The minimum absolute atomic E-state index is 0.202. The van der Waals surface area contributed by atoms with Crippen LogP contribution in [-0.2, 0) is 11.3 Å². The van der Waals surface area contributed by atoms with Gasteiger partial charge in [0.2, 0.25) is 0 Å². The van der Waals surface area contributed by atoms with Gasteiger partial charge in [-0.25, -0.2) is 4.98 Å². The van der Waals surface area contributed by atoms with Crippen molar-refractivity contribution in [2.45, 2.75) is 19.5 Å². The van der Waals surface area contributed by atoms with E-state index in [0.717, 1.165) is 17.3 Å². The van der Waals surface area contributed by atoms with Gasteiger partial charge in [0.15, 0.2) is 5.96 Å². The molecule has 1 unspecified atom stereocenters. The second kappa shape index (κ2) is 8.37. The molecule has 0 aliphatic rings. The molecule has 20 heavy (non-hydrogen) atoms. The highest BCUT2D eigenvalue weighted by Crippen LogP contribution is 2.13. The Morgan fingerprint density at radius 1 is 1.50 bits per heavy atom. The first-order chi connectivity index (χ1) is 9.58. The SMILES string of the molecule is CN=C(NCc1cccnc1N(C)C)NC(C)COC. The van der Waals surface area contributed by atoms with Crippen molar-refractivity contribution in [2.75, 3.05) is 39.8 Å². The van der Waals surface area contributed by atoms with Crippen molar-refractivity contribution in [3.05, 3.63) is 23.9 Å². The topological polar surface area (TPSA) is 61.8 Å². The van der Waals surface area contributed by atoms with E-state index < -0.39 is 0 Å². The maximum Gasteiger partial charge on any atom is 0.191 e. The summed E-state index contributed by atoms with van der Waals surface area (Å²) in [4.78, 5) is 10.6. The van der Waals surface area contributed by atoms with Gasteiger partial charge in [-0.15, -0.1) is 0 Å². The predicted molar refractivity (Wildman–Crippen MR) is 83.2 cm³/mol. The summed E-state index contributed by atoms with van der Waals surface area (Å²) in [6.45, 7) is 3.35. The Kier molecular flexibility index (Phi) is 6.79. The lowest BCUT2D eigenvalue weighted by Crippen LogP contribution is -2.43. The van der Waals surface area contributed by atoms with E-state index in [9.17, 15) is 0 Å². The summed E-state index contributed by atoms with van der Waals surface area (Å²) < 4.78 is 5.10. The molecule has 1 atom stereocenters. The molecular formula is C14H25N5O. The Bertz CT molecular complexity index is 433. The quantitative estimate of drug-likeness (QED) is 0.597. The number of methoxy groups -OCH3 is 1. The molecule has 0 fully saturated rings. The molecular weight excluding hydrogens is 254 g/mol.